The Hall–Kier alpha value is 2.25. The van der Waals surface area contributed by atoms with E-state index in [1.165, 1.54) is 154 Å². The second kappa shape index (κ2) is 26.8. The molecule has 0 radical (unpaired) electrons. The van der Waals surface area contributed by atoms with Crippen molar-refractivity contribution < 1.29 is 0 Å². The summed E-state index contributed by atoms with van der Waals surface area (Å²) in [6, 6.07) is 0. The van der Waals surface area contributed by atoms with Crippen molar-refractivity contribution in [3.8, 4) is 0 Å². The summed E-state index contributed by atoms with van der Waals surface area (Å²) in [6.07, 6.45) is 35.5. The van der Waals surface area contributed by atoms with Gasteiger partial charge in [-0.1, -0.05) is 26.7 Å². The summed E-state index contributed by atoms with van der Waals surface area (Å²) in [6.45, 7) is 4.62. The zero-order valence-corrected chi connectivity index (χ0v) is 28.2. The van der Waals surface area contributed by atoms with Gasteiger partial charge >= 0.3 is 198 Å². The van der Waals surface area contributed by atoms with E-state index in [2.05, 4.69) is 51.2 Å². The van der Waals surface area contributed by atoms with Gasteiger partial charge in [0.1, 0.15) is 0 Å². The van der Waals surface area contributed by atoms with Crippen LogP contribution in [0.4, 0.5) is 0 Å². The molecule has 0 bridgehead atoms. The van der Waals surface area contributed by atoms with Crippen molar-refractivity contribution in [1.29, 1.82) is 0 Å². The second-order valence-corrected chi connectivity index (χ2v) is 50.1. The van der Waals surface area contributed by atoms with Crippen LogP contribution in [0.3, 0.4) is 0 Å². The molecule has 0 saturated carbocycles. The van der Waals surface area contributed by atoms with Gasteiger partial charge in [-0.2, -0.15) is 0 Å². The molecule has 0 amide bonds. The first-order valence-electron chi connectivity index (χ1n) is 14.3. The second-order valence-electron chi connectivity index (χ2n) is 9.89. The van der Waals surface area contributed by atoms with E-state index in [9.17, 15) is 0 Å². The minimum atomic E-state index is -1.50. The van der Waals surface area contributed by atoms with Crippen molar-refractivity contribution in [2.45, 2.75) is 177 Å². The summed E-state index contributed by atoms with van der Waals surface area (Å²) in [7, 11) is -1.50. The molecule has 0 spiro atoms. The molecule has 0 fully saturated rings. The molecule has 0 nitrogen and oxygen atoms in total. The van der Waals surface area contributed by atoms with Gasteiger partial charge in [0.15, 0.2) is 0 Å². The minimum absolute atomic E-state index is 1.37. The zero-order chi connectivity index (χ0) is 22.9. The molecular formula is C28H58I2Te. The Morgan fingerprint density at radius 1 is 0.323 bits per heavy atom. The van der Waals surface area contributed by atoms with E-state index < -0.39 is 10.3 Å². The van der Waals surface area contributed by atoms with Crippen LogP contribution in [0, 0.1) is 0 Å². The van der Waals surface area contributed by atoms with Crippen LogP contribution in [0.15, 0.2) is 0 Å². The normalized spacial score (nSPS) is 12.5. The van der Waals surface area contributed by atoms with Crippen LogP contribution >= 0.6 is 37.4 Å². The van der Waals surface area contributed by atoms with Crippen LogP contribution in [0.2, 0.25) is 8.94 Å². The number of unbranched alkanes of at least 4 members (excludes halogenated alkanes) is 22. The van der Waals surface area contributed by atoms with E-state index in [0.717, 1.165) is 0 Å². The SMILES string of the molecule is CCCCCCCCCCCCCC[Te](I)(I)CCCCCCCCCCCCCC. The number of hydrogen-bond acceptors (Lipinski definition) is 0. The van der Waals surface area contributed by atoms with Crippen molar-refractivity contribution in [3.05, 3.63) is 0 Å². The zero-order valence-electron chi connectivity index (χ0n) is 21.5. The van der Waals surface area contributed by atoms with Crippen molar-refractivity contribution in [2.24, 2.45) is 0 Å². The quantitative estimate of drug-likeness (QED) is 0.0466. The molecule has 0 aliphatic heterocycles. The summed E-state index contributed by atoms with van der Waals surface area (Å²) >= 11 is 5.88. The Labute approximate surface area is 222 Å². The maximum absolute atomic E-state index is 2.94. The standard InChI is InChI=1S/C28H58I2Te/c1-3-5-7-9-11-13-15-17-19-21-23-25-27-31(29,30)28-26-24-22-20-18-16-14-12-10-8-6-4-2/h3-28H2,1-2H3. The molecule has 0 aromatic rings. The van der Waals surface area contributed by atoms with E-state index in [1.807, 2.05) is 0 Å². The number of rotatable bonds is 26. The molecule has 0 atom stereocenters. The fraction of sp³-hybridized carbons (Fsp3) is 1.00. The van der Waals surface area contributed by atoms with Gasteiger partial charge in [-0.3, -0.25) is 0 Å². The van der Waals surface area contributed by atoms with Gasteiger partial charge in [0.2, 0.25) is 0 Å². The molecule has 0 N–H and O–H groups in total. The molecule has 0 aliphatic carbocycles. The third kappa shape index (κ3) is 28.4. The van der Waals surface area contributed by atoms with E-state index in [-0.39, 0.29) is 0 Å². The van der Waals surface area contributed by atoms with Gasteiger partial charge in [0.05, 0.1) is 0 Å². The third-order valence-corrected chi connectivity index (χ3v) is 23.5. The fourth-order valence-electron chi connectivity index (χ4n) is 4.41. The van der Waals surface area contributed by atoms with Crippen molar-refractivity contribution >= 4 is 47.7 Å². The van der Waals surface area contributed by atoms with Gasteiger partial charge in [0, 0.05) is 0 Å². The Morgan fingerprint density at radius 3 is 0.742 bits per heavy atom. The van der Waals surface area contributed by atoms with Crippen LogP contribution in [0.1, 0.15) is 168 Å². The monoisotopic (exact) mass is 778 g/mol. The Kier molecular flexibility index (Phi) is 28.8. The third-order valence-electron chi connectivity index (χ3n) is 6.59. The van der Waals surface area contributed by atoms with E-state index in [0.29, 0.717) is 0 Å². The Bertz CT molecular complexity index is 303. The van der Waals surface area contributed by atoms with Crippen molar-refractivity contribution in [1.82, 2.24) is 0 Å². The molecule has 0 unspecified atom stereocenters. The Balaban J connectivity index is 3.29. The summed E-state index contributed by atoms with van der Waals surface area (Å²) in [5.74, 6) is 0. The van der Waals surface area contributed by atoms with Crippen LogP contribution in [-0.2, 0) is 0 Å². The van der Waals surface area contributed by atoms with E-state index >= 15 is 0 Å². The summed E-state index contributed by atoms with van der Waals surface area (Å²) < 4.78 is 3.22. The van der Waals surface area contributed by atoms with E-state index in [1.54, 1.807) is 8.94 Å². The molecule has 190 valence electrons. The van der Waals surface area contributed by atoms with Gasteiger partial charge in [-0.15, -0.1) is 0 Å². The van der Waals surface area contributed by atoms with E-state index in [4.69, 9.17) is 0 Å². The number of hydrogen-bond donors (Lipinski definition) is 0. The predicted molar refractivity (Wildman–Crippen MR) is 166 cm³/mol. The molecule has 31 heavy (non-hydrogen) atoms. The molecule has 0 aliphatic rings. The van der Waals surface area contributed by atoms with Crippen LogP contribution in [0.5, 0.6) is 0 Å². The topological polar surface area (TPSA) is 0 Å². The molecule has 3 heteroatoms. The molecule has 0 saturated heterocycles. The molecule has 0 aromatic heterocycles. The maximum atomic E-state index is 2.94. The van der Waals surface area contributed by atoms with Gasteiger partial charge in [-0.05, 0) is 0 Å². The van der Waals surface area contributed by atoms with Crippen LogP contribution < -0.4 is 0 Å². The summed E-state index contributed by atoms with van der Waals surface area (Å²) in [4.78, 5) is 0. The predicted octanol–water partition coefficient (Wildman–Crippen LogP) is 12.7. The molecule has 0 heterocycles. The Morgan fingerprint density at radius 2 is 0.516 bits per heavy atom. The van der Waals surface area contributed by atoms with Crippen molar-refractivity contribution in [2.75, 3.05) is 0 Å². The smallest absolute Gasteiger partial charge is 0.0654 e. The number of halogens is 2. The van der Waals surface area contributed by atoms with Gasteiger partial charge in [-0.25, -0.2) is 0 Å². The van der Waals surface area contributed by atoms with Crippen LogP contribution in [0.25, 0.3) is 0 Å². The first-order chi connectivity index (χ1) is 15.1. The summed E-state index contributed by atoms with van der Waals surface area (Å²) in [5.41, 5.74) is 0. The minimum Gasteiger partial charge on any atom is -0.0654 e. The first-order valence-corrected chi connectivity index (χ1v) is 31.2. The van der Waals surface area contributed by atoms with Crippen molar-refractivity contribution in [3.63, 3.8) is 0 Å². The fourth-order valence-corrected chi connectivity index (χ4v) is 16.9. The summed E-state index contributed by atoms with van der Waals surface area (Å²) in [5, 5.41) is 0. The molecular weight excluding hydrogens is 718 g/mol. The average molecular weight is 776 g/mol. The van der Waals surface area contributed by atoms with Gasteiger partial charge in [0.25, 0.3) is 0 Å². The molecule has 0 aromatic carbocycles. The molecule has 0 rings (SSSR count). The average Bonchev–Trinajstić information content (AvgIpc) is 2.75. The van der Waals surface area contributed by atoms with Crippen LogP contribution in [-0.4, -0.2) is 10.3 Å². The first kappa shape index (κ1) is 33.2. The van der Waals surface area contributed by atoms with Gasteiger partial charge < -0.3 is 0 Å².